The van der Waals surface area contributed by atoms with E-state index in [0.29, 0.717) is 17.7 Å². The fraction of sp³-hybridized carbons (Fsp3) is 0.583. The average Bonchev–Trinajstić information content (AvgIpc) is 2.64. The van der Waals surface area contributed by atoms with Crippen LogP contribution in [0.15, 0.2) is 11.0 Å². The predicted octanol–water partition coefficient (Wildman–Crippen LogP) is 2.14. The van der Waals surface area contributed by atoms with Gasteiger partial charge in [0, 0.05) is 16.3 Å². The van der Waals surface area contributed by atoms with Gasteiger partial charge in [0.25, 0.3) is 0 Å². The highest BCUT2D eigenvalue weighted by atomic mass is 32.2. The number of thiophene rings is 1. The van der Waals surface area contributed by atoms with Crippen molar-refractivity contribution in [3.63, 3.8) is 0 Å². The second-order valence-corrected chi connectivity index (χ2v) is 7.65. The van der Waals surface area contributed by atoms with E-state index in [1.54, 1.807) is 13.0 Å². The van der Waals surface area contributed by atoms with Crippen molar-refractivity contribution in [1.29, 1.82) is 0 Å². The van der Waals surface area contributed by atoms with E-state index in [2.05, 4.69) is 4.72 Å². The van der Waals surface area contributed by atoms with E-state index >= 15 is 0 Å². The third kappa shape index (κ3) is 4.29. The van der Waals surface area contributed by atoms with Crippen molar-refractivity contribution in [3.05, 3.63) is 15.8 Å². The fourth-order valence-corrected chi connectivity index (χ4v) is 4.46. The van der Waals surface area contributed by atoms with Gasteiger partial charge >= 0.3 is 5.97 Å². The van der Waals surface area contributed by atoms with Crippen LogP contribution in [0.25, 0.3) is 0 Å². The third-order valence-corrected chi connectivity index (χ3v) is 5.44. The van der Waals surface area contributed by atoms with E-state index in [1.807, 2.05) is 13.8 Å². The van der Waals surface area contributed by atoms with Crippen LogP contribution < -0.4 is 4.72 Å². The second-order valence-electron chi connectivity index (χ2n) is 4.45. The highest BCUT2D eigenvalue weighted by Gasteiger charge is 2.23. The van der Waals surface area contributed by atoms with E-state index < -0.39 is 21.9 Å². The molecular formula is C12H19NO4S2. The van der Waals surface area contributed by atoms with Gasteiger partial charge < -0.3 is 5.11 Å². The fourth-order valence-electron chi connectivity index (χ4n) is 1.82. The Morgan fingerprint density at radius 3 is 2.53 bits per heavy atom. The molecule has 19 heavy (non-hydrogen) atoms. The normalized spacial score (nSPS) is 13.4. The molecule has 0 bridgehead atoms. The minimum absolute atomic E-state index is 0.0696. The lowest BCUT2D eigenvalue weighted by Gasteiger charge is -2.12. The summed E-state index contributed by atoms with van der Waals surface area (Å²) in [6.07, 6.45) is 1.16. The molecule has 0 radical (unpaired) electrons. The van der Waals surface area contributed by atoms with Gasteiger partial charge in [-0.05, 0) is 26.3 Å². The Hall–Kier alpha value is -0.920. The summed E-state index contributed by atoms with van der Waals surface area (Å²) in [5.74, 6) is -1.65. The zero-order valence-corrected chi connectivity index (χ0v) is 12.9. The molecule has 5 nitrogen and oxygen atoms in total. The Morgan fingerprint density at radius 2 is 2.11 bits per heavy atom. The maximum Gasteiger partial charge on any atom is 0.307 e. The van der Waals surface area contributed by atoms with Crippen LogP contribution in [0.2, 0.25) is 0 Å². The zero-order valence-electron chi connectivity index (χ0n) is 11.3. The first-order valence-corrected chi connectivity index (χ1v) is 8.37. The molecule has 1 rings (SSSR count). The number of carbonyl (C=O) groups is 1. The Kier molecular flexibility index (Phi) is 5.51. The molecule has 0 aliphatic heterocycles. The predicted molar refractivity (Wildman–Crippen MR) is 75.0 cm³/mol. The Balaban J connectivity index is 2.80. The van der Waals surface area contributed by atoms with Crippen LogP contribution in [0.5, 0.6) is 0 Å². The van der Waals surface area contributed by atoms with E-state index in [9.17, 15) is 13.2 Å². The van der Waals surface area contributed by atoms with Gasteiger partial charge in [0.1, 0.15) is 0 Å². The van der Waals surface area contributed by atoms with Gasteiger partial charge in [0.05, 0.1) is 10.8 Å². The molecule has 0 spiro atoms. The van der Waals surface area contributed by atoms with Crippen molar-refractivity contribution in [2.24, 2.45) is 5.92 Å². The van der Waals surface area contributed by atoms with Crippen molar-refractivity contribution in [2.45, 2.75) is 38.5 Å². The standard InChI is InChI=1S/C12H19NO4S2/c1-4-5-10(12(14)15)7-13-19(16,17)11-6-8(2)18-9(11)3/h6,10,13H,4-5,7H2,1-3H3,(H,14,15). The lowest BCUT2D eigenvalue weighted by molar-refractivity contribution is -0.141. The van der Waals surface area contributed by atoms with Crippen molar-refractivity contribution in [3.8, 4) is 0 Å². The molecule has 1 aromatic rings. The maximum atomic E-state index is 12.1. The van der Waals surface area contributed by atoms with E-state index in [1.165, 1.54) is 11.3 Å². The first-order chi connectivity index (χ1) is 8.77. The minimum Gasteiger partial charge on any atom is -0.481 e. The van der Waals surface area contributed by atoms with Crippen molar-refractivity contribution in [2.75, 3.05) is 6.54 Å². The topological polar surface area (TPSA) is 83.5 Å². The van der Waals surface area contributed by atoms with Crippen LogP contribution in [0, 0.1) is 19.8 Å². The van der Waals surface area contributed by atoms with Gasteiger partial charge in [-0.3, -0.25) is 4.79 Å². The van der Waals surface area contributed by atoms with Crippen LogP contribution in [-0.2, 0) is 14.8 Å². The van der Waals surface area contributed by atoms with Gasteiger partial charge in [-0.1, -0.05) is 13.3 Å². The van der Waals surface area contributed by atoms with Crippen LogP contribution >= 0.6 is 11.3 Å². The van der Waals surface area contributed by atoms with Crippen molar-refractivity contribution in [1.82, 2.24) is 4.72 Å². The van der Waals surface area contributed by atoms with Crippen LogP contribution in [-0.4, -0.2) is 26.0 Å². The molecule has 0 saturated carbocycles. The van der Waals surface area contributed by atoms with Crippen molar-refractivity contribution >= 4 is 27.3 Å². The number of carboxylic acids is 1. The molecule has 0 amide bonds. The molecule has 1 unspecified atom stereocenters. The van der Waals surface area contributed by atoms with Gasteiger partial charge in [-0.25, -0.2) is 13.1 Å². The number of sulfonamides is 1. The minimum atomic E-state index is -3.62. The first-order valence-electron chi connectivity index (χ1n) is 6.07. The van der Waals surface area contributed by atoms with E-state index in [4.69, 9.17) is 5.11 Å². The number of aliphatic carboxylic acids is 1. The van der Waals surface area contributed by atoms with Crippen LogP contribution in [0.1, 0.15) is 29.5 Å². The summed E-state index contributed by atoms with van der Waals surface area (Å²) in [6, 6.07) is 1.61. The molecule has 0 fully saturated rings. The molecule has 7 heteroatoms. The molecule has 108 valence electrons. The summed E-state index contributed by atoms with van der Waals surface area (Å²) in [6.45, 7) is 5.39. The first kappa shape index (κ1) is 16.1. The number of aryl methyl sites for hydroxylation is 2. The Bertz CT molecular complexity index is 548. The van der Waals surface area contributed by atoms with Gasteiger partial charge in [-0.2, -0.15) is 0 Å². The molecule has 1 aromatic heterocycles. The number of rotatable bonds is 7. The summed E-state index contributed by atoms with van der Waals surface area (Å²) in [5.41, 5.74) is 0. The summed E-state index contributed by atoms with van der Waals surface area (Å²) in [5, 5.41) is 9.00. The molecule has 1 heterocycles. The number of carboxylic acid groups (broad SMARTS) is 1. The highest BCUT2D eigenvalue weighted by molar-refractivity contribution is 7.89. The van der Waals surface area contributed by atoms with Crippen molar-refractivity contribution < 1.29 is 18.3 Å². The second kappa shape index (κ2) is 6.49. The zero-order chi connectivity index (χ0) is 14.6. The van der Waals surface area contributed by atoms with Crippen LogP contribution in [0.4, 0.5) is 0 Å². The summed E-state index contributed by atoms with van der Waals surface area (Å²) < 4.78 is 26.6. The molecule has 1 atom stereocenters. The highest BCUT2D eigenvalue weighted by Crippen LogP contribution is 2.24. The monoisotopic (exact) mass is 305 g/mol. The third-order valence-electron chi connectivity index (χ3n) is 2.79. The molecule has 0 saturated heterocycles. The maximum absolute atomic E-state index is 12.1. The molecular weight excluding hydrogens is 286 g/mol. The van der Waals surface area contributed by atoms with Gasteiger partial charge in [0.15, 0.2) is 0 Å². The summed E-state index contributed by atoms with van der Waals surface area (Å²) in [7, 11) is -3.62. The number of hydrogen-bond acceptors (Lipinski definition) is 4. The Labute approximate surface area is 117 Å². The van der Waals surface area contributed by atoms with E-state index in [-0.39, 0.29) is 11.4 Å². The van der Waals surface area contributed by atoms with Gasteiger partial charge in [0.2, 0.25) is 10.0 Å². The Morgan fingerprint density at radius 1 is 1.47 bits per heavy atom. The summed E-state index contributed by atoms with van der Waals surface area (Å²) in [4.78, 5) is 12.9. The summed E-state index contributed by atoms with van der Waals surface area (Å²) >= 11 is 1.41. The molecule has 0 aromatic carbocycles. The quantitative estimate of drug-likeness (QED) is 0.808. The lowest BCUT2D eigenvalue weighted by atomic mass is 10.1. The van der Waals surface area contributed by atoms with Gasteiger partial charge in [-0.15, -0.1) is 11.3 Å². The molecule has 0 aliphatic rings. The average molecular weight is 305 g/mol. The van der Waals surface area contributed by atoms with Crippen LogP contribution in [0.3, 0.4) is 0 Å². The largest absolute Gasteiger partial charge is 0.481 e. The van der Waals surface area contributed by atoms with E-state index in [0.717, 1.165) is 4.88 Å². The molecule has 0 aliphatic carbocycles. The number of hydrogen-bond donors (Lipinski definition) is 2. The number of nitrogens with one attached hydrogen (secondary N) is 1. The molecule has 2 N–H and O–H groups in total. The lowest BCUT2D eigenvalue weighted by Crippen LogP contribution is -2.33. The smallest absolute Gasteiger partial charge is 0.307 e. The SMILES string of the molecule is CCCC(CNS(=O)(=O)c1cc(C)sc1C)C(=O)O.